The summed E-state index contributed by atoms with van der Waals surface area (Å²) in [6.07, 6.45) is 12.9. The van der Waals surface area contributed by atoms with Crippen molar-refractivity contribution >= 4 is 52.2 Å². The fraction of sp³-hybridized carbons (Fsp3) is 0.583. The Morgan fingerprint density at radius 1 is 1.00 bits per heavy atom. The molecule has 2 aromatic rings. The van der Waals surface area contributed by atoms with Crippen molar-refractivity contribution in [1.82, 2.24) is 19.6 Å². The van der Waals surface area contributed by atoms with E-state index in [1.807, 2.05) is 26.1 Å². The Morgan fingerprint density at radius 3 is 2.34 bits per heavy atom. The summed E-state index contributed by atoms with van der Waals surface area (Å²) in [6, 6.07) is 3.60. The van der Waals surface area contributed by atoms with E-state index in [1.165, 1.54) is 18.4 Å². The molecule has 0 aliphatic carbocycles. The molecule has 3 fully saturated rings. The van der Waals surface area contributed by atoms with Crippen LogP contribution < -0.4 is 11.1 Å². The van der Waals surface area contributed by atoms with Crippen molar-refractivity contribution in [2.24, 2.45) is 17.8 Å². The molecule has 3 N–H and O–H groups in total. The lowest BCUT2D eigenvalue weighted by Gasteiger charge is -2.40. The Balaban J connectivity index is 1.09. The fourth-order valence-electron chi connectivity index (χ4n) is 8.06. The topological polar surface area (TPSA) is 102 Å². The molecule has 5 heterocycles. The first-order valence-corrected chi connectivity index (χ1v) is 18.4. The van der Waals surface area contributed by atoms with Gasteiger partial charge in [-0.15, -0.1) is 17.8 Å². The summed E-state index contributed by atoms with van der Waals surface area (Å²) in [5.74, 6) is 3.46. The fourth-order valence-corrected chi connectivity index (χ4v) is 9.13. The number of nitrogens with two attached hydrogens (primary N) is 1. The quantitative estimate of drug-likeness (QED) is 0.311. The standard InChI is InChI=1S/C36H47ClN6O3S/c1-3-25-18-24(20-31(37)34(25)38)19-29(35(45)42-13-6-27(7-14-42)26-4-11-40(2)12-5-26)21-33(44)41-15-9-30(10-16-41)43-17-8-28-22-47-23-32(28)39-36(43)46/h1,18,20,22-23,26-27,29-30H,4-17,19,21,38H2,2H3,(H,39,46)/t29-/m0/s1. The molecule has 0 bridgehead atoms. The Morgan fingerprint density at radius 2 is 1.66 bits per heavy atom. The number of piperidine rings is 3. The summed E-state index contributed by atoms with van der Waals surface area (Å²) in [4.78, 5) is 49.2. The molecule has 6 rings (SSSR count). The zero-order valence-electron chi connectivity index (χ0n) is 27.4. The summed E-state index contributed by atoms with van der Waals surface area (Å²) in [5.41, 5.74) is 9.84. The minimum atomic E-state index is -0.527. The van der Waals surface area contributed by atoms with Gasteiger partial charge in [0.15, 0.2) is 0 Å². The maximum Gasteiger partial charge on any atom is 0.322 e. The van der Waals surface area contributed by atoms with Crippen LogP contribution in [0.5, 0.6) is 0 Å². The number of nitrogens with one attached hydrogen (secondary N) is 1. The first kappa shape index (κ1) is 33.6. The number of carbonyl (C=O) groups excluding carboxylic acids is 3. The van der Waals surface area contributed by atoms with Crippen LogP contribution in [0.3, 0.4) is 0 Å². The molecule has 1 aromatic heterocycles. The lowest BCUT2D eigenvalue weighted by Crippen LogP contribution is -2.50. The van der Waals surface area contributed by atoms with E-state index in [-0.39, 0.29) is 30.3 Å². The zero-order chi connectivity index (χ0) is 33.1. The van der Waals surface area contributed by atoms with Crippen LogP contribution in [0.1, 0.15) is 61.6 Å². The first-order valence-electron chi connectivity index (χ1n) is 17.1. The number of nitrogens with zero attached hydrogens (tertiary/aromatic N) is 4. The van der Waals surface area contributed by atoms with Gasteiger partial charge in [-0.3, -0.25) is 9.59 Å². The van der Waals surface area contributed by atoms with Crippen LogP contribution in [0.2, 0.25) is 5.02 Å². The highest BCUT2D eigenvalue weighted by atomic mass is 35.5. The van der Waals surface area contributed by atoms with Gasteiger partial charge in [0.05, 0.1) is 22.3 Å². The number of nitrogen functional groups attached to an aromatic ring is 1. The van der Waals surface area contributed by atoms with Gasteiger partial charge in [-0.2, -0.15) is 0 Å². The van der Waals surface area contributed by atoms with E-state index < -0.39 is 5.92 Å². The number of terminal acetylenes is 1. The molecule has 4 amide bonds. The minimum absolute atomic E-state index is 0.0242. The number of amides is 4. The highest BCUT2D eigenvalue weighted by Gasteiger charge is 2.36. The number of hydrogen-bond donors (Lipinski definition) is 2. The number of rotatable bonds is 7. The summed E-state index contributed by atoms with van der Waals surface area (Å²) in [7, 11) is 2.19. The summed E-state index contributed by atoms with van der Waals surface area (Å²) >= 11 is 8.03. The van der Waals surface area contributed by atoms with E-state index in [0.717, 1.165) is 62.6 Å². The second-order valence-electron chi connectivity index (χ2n) is 13.9. The van der Waals surface area contributed by atoms with Gasteiger partial charge in [0.1, 0.15) is 0 Å². The van der Waals surface area contributed by atoms with Crippen LogP contribution in [0, 0.1) is 30.1 Å². The molecule has 4 aliphatic heterocycles. The van der Waals surface area contributed by atoms with Crippen LogP contribution in [0.25, 0.3) is 0 Å². The van der Waals surface area contributed by atoms with Gasteiger partial charge in [0.2, 0.25) is 11.8 Å². The second-order valence-corrected chi connectivity index (χ2v) is 15.0. The smallest absolute Gasteiger partial charge is 0.322 e. The predicted molar refractivity (Wildman–Crippen MR) is 188 cm³/mol. The van der Waals surface area contributed by atoms with Gasteiger partial charge >= 0.3 is 6.03 Å². The van der Waals surface area contributed by atoms with Crippen molar-refractivity contribution in [3.8, 4) is 12.3 Å². The lowest BCUT2D eigenvalue weighted by atomic mass is 9.78. The van der Waals surface area contributed by atoms with E-state index in [0.29, 0.717) is 61.1 Å². The number of urea groups is 1. The zero-order valence-corrected chi connectivity index (χ0v) is 29.0. The Kier molecular flexibility index (Phi) is 10.6. The number of carbonyl (C=O) groups is 3. The molecule has 3 saturated heterocycles. The third-order valence-electron chi connectivity index (χ3n) is 11.0. The third kappa shape index (κ3) is 7.74. The highest BCUT2D eigenvalue weighted by molar-refractivity contribution is 7.08. The molecule has 1 aromatic carbocycles. The molecule has 0 radical (unpaired) electrons. The number of benzene rings is 1. The monoisotopic (exact) mass is 678 g/mol. The molecule has 0 spiro atoms. The van der Waals surface area contributed by atoms with Crippen molar-refractivity contribution in [3.63, 3.8) is 0 Å². The van der Waals surface area contributed by atoms with Gasteiger partial charge in [0, 0.05) is 56.1 Å². The molecule has 0 saturated carbocycles. The molecule has 0 unspecified atom stereocenters. The molecular formula is C36H47ClN6O3S. The number of thiophene rings is 1. The van der Waals surface area contributed by atoms with Crippen LogP contribution in [0.4, 0.5) is 16.2 Å². The average Bonchev–Trinajstić information content (AvgIpc) is 3.46. The van der Waals surface area contributed by atoms with Crippen molar-refractivity contribution < 1.29 is 14.4 Å². The Bertz CT molecular complexity index is 1500. The Hall–Kier alpha value is -3.26. The van der Waals surface area contributed by atoms with Crippen LogP contribution in [0.15, 0.2) is 22.9 Å². The molecule has 47 heavy (non-hydrogen) atoms. The number of anilines is 2. The van der Waals surface area contributed by atoms with Gasteiger partial charge in [0.25, 0.3) is 0 Å². The van der Waals surface area contributed by atoms with Crippen molar-refractivity contribution in [3.05, 3.63) is 44.6 Å². The SMILES string of the molecule is C#Cc1cc(C[C@@H](CC(=O)N2CCC(N3CCc4cscc4NC3=O)CC2)C(=O)N2CCC(C3CCN(C)CC3)CC2)cc(Cl)c1N. The first-order chi connectivity index (χ1) is 22.7. The van der Waals surface area contributed by atoms with Crippen LogP contribution in [-0.4, -0.2) is 96.3 Å². The largest absolute Gasteiger partial charge is 0.397 e. The van der Waals surface area contributed by atoms with E-state index in [9.17, 15) is 14.4 Å². The molecule has 252 valence electrons. The maximum atomic E-state index is 14.2. The molecule has 11 heteroatoms. The van der Waals surface area contributed by atoms with E-state index >= 15 is 0 Å². The lowest BCUT2D eigenvalue weighted by molar-refractivity contribution is -0.143. The summed E-state index contributed by atoms with van der Waals surface area (Å²) < 4.78 is 0. The van der Waals surface area contributed by atoms with E-state index in [2.05, 4.69) is 28.6 Å². The predicted octanol–water partition coefficient (Wildman–Crippen LogP) is 5.18. The molecule has 9 nitrogen and oxygen atoms in total. The highest BCUT2D eigenvalue weighted by Crippen LogP contribution is 2.34. The molecule has 1 atom stereocenters. The summed E-state index contributed by atoms with van der Waals surface area (Å²) in [5, 5.41) is 7.51. The average molecular weight is 679 g/mol. The van der Waals surface area contributed by atoms with E-state index in [1.54, 1.807) is 17.4 Å². The van der Waals surface area contributed by atoms with E-state index in [4.69, 9.17) is 23.8 Å². The van der Waals surface area contributed by atoms with Gasteiger partial charge in [-0.1, -0.05) is 17.5 Å². The minimum Gasteiger partial charge on any atom is -0.397 e. The van der Waals surface area contributed by atoms with Gasteiger partial charge in [-0.25, -0.2) is 4.79 Å². The maximum absolute atomic E-state index is 14.2. The number of hydrogen-bond acceptors (Lipinski definition) is 6. The third-order valence-corrected chi connectivity index (χ3v) is 12.1. The number of halogens is 1. The van der Waals surface area contributed by atoms with Crippen molar-refractivity contribution in [1.29, 1.82) is 0 Å². The molecular weight excluding hydrogens is 632 g/mol. The van der Waals surface area contributed by atoms with Gasteiger partial charge in [-0.05, 0) is 112 Å². The van der Waals surface area contributed by atoms with Gasteiger partial charge < -0.3 is 30.7 Å². The van der Waals surface area contributed by atoms with Crippen molar-refractivity contribution in [2.45, 2.75) is 63.8 Å². The van der Waals surface area contributed by atoms with Crippen molar-refractivity contribution in [2.75, 3.05) is 63.9 Å². The normalized spacial score (nSPS) is 21.1. The molecule has 4 aliphatic rings. The number of likely N-dealkylation sites (tertiary alicyclic amines) is 3. The number of fused-ring (bicyclic) bond motifs is 1. The summed E-state index contributed by atoms with van der Waals surface area (Å²) in [6.45, 7) is 5.55. The Labute approximate surface area is 287 Å². The van der Waals surface area contributed by atoms with Crippen LogP contribution in [-0.2, 0) is 22.4 Å². The van der Waals surface area contributed by atoms with Crippen LogP contribution >= 0.6 is 22.9 Å². The second kappa shape index (κ2) is 14.9.